The summed E-state index contributed by atoms with van der Waals surface area (Å²) in [7, 11) is 1.72. The van der Waals surface area contributed by atoms with Crippen molar-refractivity contribution in [3.8, 4) is 0 Å². The molecule has 0 saturated heterocycles. The van der Waals surface area contributed by atoms with Crippen LogP contribution in [0.2, 0.25) is 0 Å². The zero-order valence-electron chi connectivity index (χ0n) is 12.4. The zero-order valence-corrected chi connectivity index (χ0v) is 12.4. The van der Waals surface area contributed by atoms with Gasteiger partial charge in [0, 0.05) is 31.3 Å². The number of oxime groups is 1. The van der Waals surface area contributed by atoms with Gasteiger partial charge in [-0.15, -0.1) is 0 Å². The highest BCUT2D eigenvalue weighted by atomic mass is 19.1. The fourth-order valence-corrected chi connectivity index (χ4v) is 1.74. The molecule has 0 aliphatic heterocycles. The minimum Gasteiger partial charge on any atom is -0.409 e. The molecule has 0 radical (unpaired) electrons. The largest absolute Gasteiger partial charge is 0.409 e. The lowest BCUT2D eigenvalue weighted by Gasteiger charge is -2.20. The number of amidine groups is 1. The Kier molecular flexibility index (Phi) is 6.10. The van der Waals surface area contributed by atoms with Gasteiger partial charge in [-0.3, -0.25) is 4.79 Å². The maximum Gasteiger partial charge on any atom is 0.239 e. The molecule has 1 aromatic carbocycles. The predicted octanol–water partition coefficient (Wildman–Crippen LogP) is 0.877. The number of carbonyl (C=O) groups is 1. The summed E-state index contributed by atoms with van der Waals surface area (Å²) in [5.74, 6) is -0.678. The molecule has 6 nitrogen and oxygen atoms in total. The first-order valence-electron chi connectivity index (χ1n) is 6.65. The fourth-order valence-electron chi connectivity index (χ4n) is 1.74. The lowest BCUT2D eigenvalue weighted by atomic mass is 10.1. The van der Waals surface area contributed by atoms with Crippen molar-refractivity contribution < 1.29 is 14.4 Å². The van der Waals surface area contributed by atoms with Crippen molar-refractivity contribution in [1.82, 2.24) is 10.2 Å². The first-order chi connectivity index (χ1) is 9.90. The SMILES string of the molecule is CCN(C)C(=O)C(C)NCc1ccc(/C(N)=N/O)cc1F. The van der Waals surface area contributed by atoms with E-state index >= 15 is 0 Å². The molecule has 1 atom stereocenters. The van der Waals surface area contributed by atoms with Crippen molar-refractivity contribution in [2.24, 2.45) is 10.9 Å². The fraction of sp³-hybridized carbons (Fsp3) is 0.429. The number of amides is 1. The van der Waals surface area contributed by atoms with Crippen molar-refractivity contribution >= 4 is 11.7 Å². The number of hydrogen-bond acceptors (Lipinski definition) is 4. The minimum atomic E-state index is -0.477. The average Bonchev–Trinajstić information content (AvgIpc) is 2.50. The molecule has 0 saturated carbocycles. The van der Waals surface area contributed by atoms with E-state index in [1.165, 1.54) is 12.1 Å². The van der Waals surface area contributed by atoms with Gasteiger partial charge in [0.15, 0.2) is 5.84 Å². The van der Waals surface area contributed by atoms with Gasteiger partial charge in [-0.2, -0.15) is 0 Å². The summed E-state index contributed by atoms with van der Waals surface area (Å²) in [5.41, 5.74) is 6.10. The molecular formula is C14H21FN4O2. The lowest BCUT2D eigenvalue weighted by molar-refractivity contribution is -0.131. The Bertz CT molecular complexity index is 534. The second-order valence-electron chi connectivity index (χ2n) is 4.75. The molecule has 1 unspecified atom stereocenters. The summed E-state index contributed by atoms with van der Waals surface area (Å²) < 4.78 is 13.9. The minimum absolute atomic E-state index is 0.0498. The zero-order chi connectivity index (χ0) is 16.0. The van der Waals surface area contributed by atoms with E-state index in [0.717, 1.165) is 0 Å². The molecule has 1 amide bonds. The molecule has 1 rings (SSSR count). The van der Waals surface area contributed by atoms with Crippen molar-refractivity contribution in [1.29, 1.82) is 0 Å². The molecular weight excluding hydrogens is 275 g/mol. The second kappa shape index (κ2) is 7.58. The van der Waals surface area contributed by atoms with Crippen LogP contribution < -0.4 is 11.1 Å². The highest BCUT2D eigenvalue weighted by Gasteiger charge is 2.16. The Morgan fingerprint density at radius 1 is 1.57 bits per heavy atom. The monoisotopic (exact) mass is 296 g/mol. The number of nitrogens with one attached hydrogen (secondary N) is 1. The van der Waals surface area contributed by atoms with E-state index in [1.807, 2.05) is 6.92 Å². The maximum absolute atomic E-state index is 13.9. The molecule has 0 fully saturated rings. The number of nitrogens with zero attached hydrogens (tertiary/aromatic N) is 2. The molecule has 0 aliphatic carbocycles. The van der Waals surface area contributed by atoms with E-state index in [9.17, 15) is 9.18 Å². The average molecular weight is 296 g/mol. The summed E-state index contributed by atoms with van der Waals surface area (Å²) in [6, 6.07) is 3.88. The Labute approximate surface area is 123 Å². The van der Waals surface area contributed by atoms with Gasteiger partial charge in [0.2, 0.25) is 5.91 Å². The standard InChI is InChI=1S/C14H21FN4O2/c1-4-19(3)14(20)9(2)17-8-11-6-5-10(7-12(11)15)13(16)18-21/h5-7,9,17,21H,4,8H2,1-3H3,(H2,16,18). The van der Waals surface area contributed by atoms with E-state index in [1.54, 1.807) is 24.9 Å². The number of rotatable bonds is 6. The van der Waals surface area contributed by atoms with E-state index < -0.39 is 11.9 Å². The maximum atomic E-state index is 13.9. The lowest BCUT2D eigenvalue weighted by Crippen LogP contribution is -2.42. The van der Waals surface area contributed by atoms with Gasteiger partial charge < -0.3 is 21.2 Å². The second-order valence-corrected chi connectivity index (χ2v) is 4.75. The van der Waals surface area contributed by atoms with E-state index in [0.29, 0.717) is 17.7 Å². The first kappa shape index (κ1) is 16.9. The van der Waals surface area contributed by atoms with Crippen molar-refractivity contribution in [3.63, 3.8) is 0 Å². The van der Waals surface area contributed by atoms with Crippen molar-refractivity contribution in [3.05, 3.63) is 35.1 Å². The molecule has 116 valence electrons. The van der Waals surface area contributed by atoms with Gasteiger partial charge in [-0.25, -0.2) is 4.39 Å². The molecule has 0 spiro atoms. The van der Waals surface area contributed by atoms with Gasteiger partial charge in [0.05, 0.1) is 6.04 Å². The van der Waals surface area contributed by atoms with Gasteiger partial charge in [-0.05, 0) is 19.9 Å². The van der Waals surface area contributed by atoms with Crippen LogP contribution in [0.25, 0.3) is 0 Å². The number of benzene rings is 1. The van der Waals surface area contributed by atoms with Crippen LogP contribution in [0.5, 0.6) is 0 Å². The smallest absolute Gasteiger partial charge is 0.239 e. The normalized spacial score (nSPS) is 13.0. The quantitative estimate of drug-likeness (QED) is 0.314. The number of hydrogen-bond donors (Lipinski definition) is 3. The molecule has 0 aliphatic rings. The molecule has 0 bridgehead atoms. The van der Waals surface area contributed by atoms with E-state index in [2.05, 4.69) is 10.5 Å². The van der Waals surface area contributed by atoms with Crippen molar-refractivity contribution in [2.75, 3.05) is 13.6 Å². The van der Waals surface area contributed by atoms with Gasteiger partial charge in [-0.1, -0.05) is 17.3 Å². The van der Waals surface area contributed by atoms with Crippen LogP contribution in [0.15, 0.2) is 23.4 Å². The third-order valence-electron chi connectivity index (χ3n) is 3.28. The van der Waals surface area contributed by atoms with Crippen LogP contribution in [-0.2, 0) is 11.3 Å². The Balaban J connectivity index is 2.70. The van der Waals surface area contributed by atoms with Crippen LogP contribution in [0.1, 0.15) is 25.0 Å². The summed E-state index contributed by atoms with van der Waals surface area (Å²) in [4.78, 5) is 13.5. The van der Waals surface area contributed by atoms with Crippen molar-refractivity contribution in [2.45, 2.75) is 26.4 Å². The molecule has 7 heteroatoms. The van der Waals surface area contributed by atoms with Crippen LogP contribution in [0.3, 0.4) is 0 Å². The summed E-state index contributed by atoms with van der Waals surface area (Å²) in [5, 5.41) is 14.3. The van der Waals surface area contributed by atoms with Gasteiger partial charge in [0.1, 0.15) is 5.82 Å². The highest BCUT2D eigenvalue weighted by Crippen LogP contribution is 2.11. The third kappa shape index (κ3) is 4.42. The van der Waals surface area contributed by atoms with Crippen LogP contribution in [0, 0.1) is 5.82 Å². The third-order valence-corrected chi connectivity index (χ3v) is 3.28. The summed E-state index contributed by atoms with van der Waals surface area (Å²) in [6.07, 6.45) is 0. The highest BCUT2D eigenvalue weighted by molar-refractivity contribution is 5.97. The molecule has 21 heavy (non-hydrogen) atoms. The molecule has 1 aromatic rings. The first-order valence-corrected chi connectivity index (χ1v) is 6.65. The topological polar surface area (TPSA) is 91.0 Å². The predicted molar refractivity (Wildman–Crippen MR) is 78.5 cm³/mol. The number of likely N-dealkylation sites (N-methyl/N-ethyl adjacent to an activating group) is 1. The number of nitrogens with two attached hydrogens (primary N) is 1. The van der Waals surface area contributed by atoms with E-state index in [-0.39, 0.29) is 18.3 Å². The van der Waals surface area contributed by atoms with Crippen LogP contribution in [-0.4, -0.2) is 41.5 Å². The van der Waals surface area contributed by atoms with Gasteiger partial charge in [0.25, 0.3) is 0 Å². The molecule has 0 heterocycles. The Hall–Kier alpha value is -2.15. The Morgan fingerprint density at radius 2 is 2.24 bits per heavy atom. The van der Waals surface area contributed by atoms with Gasteiger partial charge >= 0.3 is 0 Å². The molecule has 0 aromatic heterocycles. The van der Waals surface area contributed by atoms with E-state index in [4.69, 9.17) is 10.9 Å². The summed E-state index contributed by atoms with van der Waals surface area (Å²) >= 11 is 0. The number of halogens is 1. The van der Waals surface area contributed by atoms with Crippen LogP contribution in [0.4, 0.5) is 4.39 Å². The number of carbonyl (C=O) groups excluding carboxylic acids is 1. The molecule has 4 N–H and O–H groups in total. The Morgan fingerprint density at radius 3 is 2.76 bits per heavy atom. The van der Waals surface area contributed by atoms with Crippen LogP contribution >= 0.6 is 0 Å². The summed E-state index contributed by atoms with van der Waals surface area (Å²) in [6.45, 7) is 4.45.